The minimum Gasteiger partial charge on any atom is -0.341 e. The Labute approximate surface area is 67.8 Å². The molecular weight excluding hydrogens is 140 g/mol. The molecule has 1 rings (SSSR count). The first-order valence-electron chi connectivity index (χ1n) is 4.19. The van der Waals surface area contributed by atoms with Gasteiger partial charge in [-0.1, -0.05) is 0 Å². The number of rotatable bonds is 3. The predicted octanol–water partition coefficient (Wildman–Crippen LogP) is 0.217. The molecule has 1 aliphatic rings. The third-order valence-corrected chi connectivity index (χ3v) is 2.16. The third kappa shape index (κ3) is 2.19. The number of hydrogen-bond acceptors (Lipinski definition) is 2. The maximum Gasteiger partial charge on any atom is 0.222 e. The highest BCUT2D eigenvalue weighted by atomic mass is 16.2. The van der Waals surface area contributed by atoms with E-state index < -0.39 is 0 Å². The van der Waals surface area contributed by atoms with Crippen molar-refractivity contribution in [2.24, 2.45) is 0 Å². The molecule has 1 saturated heterocycles. The predicted molar refractivity (Wildman–Crippen MR) is 44.3 cm³/mol. The van der Waals surface area contributed by atoms with Gasteiger partial charge in [0.15, 0.2) is 0 Å². The second kappa shape index (κ2) is 3.72. The molecule has 64 valence electrons. The normalized spacial score (nSPS) is 20.9. The molecule has 1 N–H and O–H groups in total. The van der Waals surface area contributed by atoms with E-state index in [9.17, 15) is 4.79 Å². The van der Waals surface area contributed by atoms with E-state index in [2.05, 4.69) is 12.2 Å². The topological polar surface area (TPSA) is 32.3 Å². The summed E-state index contributed by atoms with van der Waals surface area (Å²) < 4.78 is 0. The van der Waals surface area contributed by atoms with Gasteiger partial charge < -0.3 is 10.2 Å². The van der Waals surface area contributed by atoms with Gasteiger partial charge in [-0.05, 0) is 20.4 Å². The molecule has 1 amide bonds. The van der Waals surface area contributed by atoms with Crippen molar-refractivity contribution in [3.8, 4) is 0 Å². The average Bonchev–Trinajstić information content (AvgIpc) is 2.37. The van der Waals surface area contributed by atoms with Gasteiger partial charge in [-0.2, -0.15) is 0 Å². The Bertz CT molecular complexity index is 147. The largest absolute Gasteiger partial charge is 0.341 e. The van der Waals surface area contributed by atoms with Crippen LogP contribution in [0, 0.1) is 0 Å². The summed E-state index contributed by atoms with van der Waals surface area (Å²) in [5.74, 6) is 0.312. The van der Waals surface area contributed by atoms with Gasteiger partial charge in [0.05, 0.1) is 0 Å². The van der Waals surface area contributed by atoms with E-state index in [0.29, 0.717) is 11.9 Å². The highest BCUT2D eigenvalue weighted by molar-refractivity contribution is 5.78. The van der Waals surface area contributed by atoms with Crippen LogP contribution in [0.5, 0.6) is 0 Å². The monoisotopic (exact) mass is 156 g/mol. The highest BCUT2D eigenvalue weighted by Crippen LogP contribution is 2.09. The van der Waals surface area contributed by atoms with Crippen LogP contribution in [-0.2, 0) is 4.79 Å². The lowest BCUT2D eigenvalue weighted by atomic mass is 10.3. The number of nitrogens with zero attached hydrogens (tertiary/aromatic N) is 1. The number of amides is 1. The Kier molecular flexibility index (Phi) is 2.88. The van der Waals surface area contributed by atoms with Gasteiger partial charge in [0.25, 0.3) is 0 Å². The van der Waals surface area contributed by atoms with Crippen LogP contribution in [0.15, 0.2) is 0 Å². The molecule has 1 atom stereocenters. The zero-order valence-corrected chi connectivity index (χ0v) is 7.26. The van der Waals surface area contributed by atoms with E-state index in [4.69, 9.17) is 0 Å². The number of hydrogen-bond donors (Lipinski definition) is 1. The molecule has 0 aromatic heterocycles. The summed E-state index contributed by atoms with van der Waals surface area (Å²) >= 11 is 0. The van der Waals surface area contributed by atoms with Gasteiger partial charge in [0, 0.05) is 25.6 Å². The Morgan fingerprint density at radius 3 is 2.91 bits per heavy atom. The van der Waals surface area contributed by atoms with Crippen LogP contribution < -0.4 is 5.32 Å². The summed E-state index contributed by atoms with van der Waals surface area (Å²) in [4.78, 5) is 13.1. The summed E-state index contributed by atoms with van der Waals surface area (Å²) in [6.45, 7) is 3.89. The molecule has 1 aliphatic heterocycles. The first kappa shape index (κ1) is 8.53. The molecule has 1 unspecified atom stereocenters. The quantitative estimate of drug-likeness (QED) is 0.634. The molecule has 0 saturated carbocycles. The third-order valence-electron chi connectivity index (χ3n) is 2.16. The van der Waals surface area contributed by atoms with Crippen molar-refractivity contribution in [1.29, 1.82) is 0 Å². The summed E-state index contributed by atoms with van der Waals surface area (Å²) in [6.07, 6.45) is 1.78. The fourth-order valence-electron chi connectivity index (χ4n) is 1.32. The molecule has 1 fully saturated rings. The Balaban J connectivity index is 2.30. The van der Waals surface area contributed by atoms with Crippen molar-refractivity contribution in [3.63, 3.8) is 0 Å². The van der Waals surface area contributed by atoms with E-state index in [1.54, 1.807) is 0 Å². The van der Waals surface area contributed by atoms with E-state index in [1.165, 1.54) is 0 Å². The van der Waals surface area contributed by atoms with E-state index in [0.717, 1.165) is 25.9 Å². The van der Waals surface area contributed by atoms with Crippen LogP contribution in [0.4, 0.5) is 0 Å². The zero-order valence-electron chi connectivity index (χ0n) is 7.26. The molecule has 3 heteroatoms. The van der Waals surface area contributed by atoms with Crippen LogP contribution in [0.2, 0.25) is 0 Å². The SMILES string of the molecule is CNC(C)CN1CCCC1=O. The van der Waals surface area contributed by atoms with Crippen molar-refractivity contribution in [2.45, 2.75) is 25.8 Å². The Hall–Kier alpha value is -0.570. The van der Waals surface area contributed by atoms with Gasteiger partial charge >= 0.3 is 0 Å². The van der Waals surface area contributed by atoms with Crippen molar-refractivity contribution in [3.05, 3.63) is 0 Å². The summed E-state index contributed by atoms with van der Waals surface area (Å²) in [5, 5.41) is 3.12. The minimum atomic E-state index is 0.312. The first-order chi connectivity index (χ1) is 5.24. The molecule has 11 heavy (non-hydrogen) atoms. The van der Waals surface area contributed by atoms with Crippen molar-refractivity contribution >= 4 is 5.91 Å². The lowest BCUT2D eigenvalue weighted by molar-refractivity contribution is -0.127. The van der Waals surface area contributed by atoms with Gasteiger partial charge in [-0.25, -0.2) is 0 Å². The maximum absolute atomic E-state index is 11.1. The van der Waals surface area contributed by atoms with E-state index in [1.807, 2.05) is 11.9 Å². The second-order valence-electron chi connectivity index (χ2n) is 3.13. The second-order valence-corrected chi connectivity index (χ2v) is 3.13. The number of likely N-dealkylation sites (N-methyl/N-ethyl adjacent to an activating group) is 1. The van der Waals surface area contributed by atoms with Crippen LogP contribution in [0.1, 0.15) is 19.8 Å². The van der Waals surface area contributed by atoms with Crippen LogP contribution in [0.25, 0.3) is 0 Å². The molecule has 0 radical (unpaired) electrons. The fraction of sp³-hybridized carbons (Fsp3) is 0.875. The van der Waals surface area contributed by atoms with Crippen molar-refractivity contribution < 1.29 is 4.79 Å². The molecule has 0 bridgehead atoms. The van der Waals surface area contributed by atoms with Gasteiger partial charge in [0.1, 0.15) is 0 Å². The molecule has 0 aromatic rings. The lowest BCUT2D eigenvalue weighted by Crippen LogP contribution is -2.38. The highest BCUT2D eigenvalue weighted by Gasteiger charge is 2.20. The number of likely N-dealkylation sites (tertiary alicyclic amines) is 1. The van der Waals surface area contributed by atoms with Gasteiger partial charge in [0.2, 0.25) is 5.91 Å². The van der Waals surface area contributed by atoms with Crippen molar-refractivity contribution in [1.82, 2.24) is 10.2 Å². The number of carbonyl (C=O) groups is 1. The van der Waals surface area contributed by atoms with E-state index in [-0.39, 0.29) is 0 Å². The van der Waals surface area contributed by atoms with Crippen LogP contribution >= 0.6 is 0 Å². The zero-order chi connectivity index (χ0) is 8.27. The summed E-state index contributed by atoms with van der Waals surface area (Å²) in [5.41, 5.74) is 0. The molecule has 0 spiro atoms. The summed E-state index contributed by atoms with van der Waals surface area (Å²) in [7, 11) is 1.92. The van der Waals surface area contributed by atoms with Gasteiger partial charge in [-0.15, -0.1) is 0 Å². The Morgan fingerprint density at radius 2 is 2.45 bits per heavy atom. The molecule has 0 aromatic carbocycles. The van der Waals surface area contributed by atoms with Crippen LogP contribution in [-0.4, -0.2) is 37.0 Å². The maximum atomic E-state index is 11.1. The average molecular weight is 156 g/mol. The lowest BCUT2D eigenvalue weighted by Gasteiger charge is -2.19. The summed E-state index contributed by atoms with van der Waals surface area (Å²) in [6, 6.07) is 0.414. The first-order valence-corrected chi connectivity index (χ1v) is 4.19. The molecular formula is C8H16N2O. The molecule has 1 heterocycles. The number of nitrogens with one attached hydrogen (secondary N) is 1. The van der Waals surface area contributed by atoms with Gasteiger partial charge in [-0.3, -0.25) is 4.79 Å². The Morgan fingerprint density at radius 1 is 1.73 bits per heavy atom. The standard InChI is InChI=1S/C8H16N2O/c1-7(9-2)6-10-5-3-4-8(10)11/h7,9H,3-6H2,1-2H3. The molecule has 3 nitrogen and oxygen atoms in total. The number of carbonyl (C=O) groups excluding carboxylic acids is 1. The molecule has 0 aliphatic carbocycles. The van der Waals surface area contributed by atoms with Crippen molar-refractivity contribution in [2.75, 3.05) is 20.1 Å². The van der Waals surface area contributed by atoms with Crippen LogP contribution in [0.3, 0.4) is 0 Å². The minimum absolute atomic E-state index is 0.312. The van der Waals surface area contributed by atoms with E-state index >= 15 is 0 Å². The fourth-order valence-corrected chi connectivity index (χ4v) is 1.32. The smallest absolute Gasteiger partial charge is 0.222 e.